The topological polar surface area (TPSA) is 18.5 Å². The zero-order valence-electron chi connectivity index (χ0n) is 19.7. The number of unbranched alkanes of at least 4 members (excludes halogenated alkanes) is 5. The van der Waals surface area contributed by atoms with E-state index < -0.39 is 40.4 Å². The van der Waals surface area contributed by atoms with E-state index in [4.69, 9.17) is 9.47 Å². The number of rotatable bonds is 13. The first-order valence-corrected chi connectivity index (χ1v) is 11.5. The van der Waals surface area contributed by atoms with Gasteiger partial charge in [-0.15, -0.1) is 0 Å². The van der Waals surface area contributed by atoms with Crippen LogP contribution in [-0.4, -0.2) is 20.0 Å². The number of halogens is 5. The van der Waals surface area contributed by atoms with Gasteiger partial charge in [0.15, 0.2) is 29.1 Å². The summed E-state index contributed by atoms with van der Waals surface area (Å²) in [6.45, 7) is 4.06. The second-order valence-corrected chi connectivity index (χ2v) is 8.25. The molecule has 0 aliphatic rings. The van der Waals surface area contributed by atoms with Gasteiger partial charge >= 0.3 is 0 Å². The highest BCUT2D eigenvalue weighted by Gasteiger charge is 2.38. The molecule has 184 valence electrons. The second-order valence-electron chi connectivity index (χ2n) is 8.25. The van der Waals surface area contributed by atoms with Gasteiger partial charge < -0.3 is 9.47 Å². The quantitative estimate of drug-likeness (QED) is 0.0960. The molecule has 0 radical (unpaired) electrons. The monoisotopic (exact) mass is 472 g/mol. The molecule has 0 amide bonds. The van der Waals surface area contributed by atoms with Crippen LogP contribution in [0.5, 0.6) is 0 Å². The zero-order chi connectivity index (χ0) is 24.6. The summed E-state index contributed by atoms with van der Waals surface area (Å²) >= 11 is 0. The van der Waals surface area contributed by atoms with Crippen LogP contribution in [0.3, 0.4) is 0 Å². The van der Waals surface area contributed by atoms with E-state index in [1.807, 2.05) is 6.92 Å². The summed E-state index contributed by atoms with van der Waals surface area (Å²) in [5.74, 6) is -11.1. The first kappa shape index (κ1) is 27.3. The number of hydrogen-bond donors (Lipinski definition) is 0. The number of ether oxygens (including phenoxy) is 2. The van der Waals surface area contributed by atoms with E-state index in [2.05, 4.69) is 6.92 Å². The van der Waals surface area contributed by atoms with Crippen molar-refractivity contribution in [3.8, 4) is 11.1 Å². The molecular weight excluding hydrogens is 439 g/mol. The van der Waals surface area contributed by atoms with Crippen molar-refractivity contribution in [2.45, 2.75) is 76.9 Å². The Morgan fingerprint density at radius 3 is 1.85 bits per heavy atom. The molecule has 2 nitrogen and oxygen atoms in total. The maximum Gasteiger partial charge on any atom is 0.200 e. The van der Waals surface area contributed by atoms with Gasteiger partial charge in [0.05, 0.1) is 5.56 Å². The summed E-state index contributed by atoms with van der Waals surface area (Å²) in [4.78, 5) is 0. The average Bonchev–Trinajstić information content (AvgIpc) is 2.84. The molecule has 2 aromatic rings. The summed E-state index contributed by atoms with van der Waals surface area (Å²) in [6, 6.07) is 6.10. The fourth-order valence-electron chi connectivity index (χ4n) is 4.44. The van der Waals surface area contributed by atoms with Gasteiger partial charge in [-0.1, -0.05) is 76.6 Å². The van der Waals surface area contributed by atoms with Gasteiger partial charge in [0, 0.05) is 20.1 Å². The van der Waals surface area contributed by atoms with Gasteiger partial charge in [0.2, 0.25) is 5.82 Å². The van der Waals surface area contributed by atoms with Crippen molar-refractivity contribution in [2.24, 2.45) is 0 Å². The fraction of sp³-hybridized carbons (Fsp3) is 0.538. The minimum Gasteiger partial charge on any atom is -0.353 e. The van der Waals surface area contributed by atoms with Gasteiger partial charge in [-0.2, -0.15) is 0 Å². The second kappa shape index (κ2) is 12.5. The van der Waals surface area contributed by atoms with E-state index in [0.717, 1.165) is 32.1 Å². The molecule has 0 aliphatic heterocycles. The maximum absolute atomic E-state index is 14.4. The molecule has 0 saturated carbocycles. The van der Waals surface area contributed by atoms with Crippen LogP contribution in [0, 0.1) is 29.1 Å². The summed E-state index contributed by atoms with van der Waals surface area (Å²) in [6.07, 6.45) is 7.68. The van der Waals surface area contributed by atoms with Crippen molar-refractivity contribution in [1.29, 1.82) is 0 Å². The van der Waals surface area contributed by atoms with E-state index in [9.17, 15) is 22.0 Å². The van der Waals surface area contributed by atoms with Crippen molar-refractivity contribution >= 4 is 0 Å². The molecule has 1 atom stereocenters. The number of methoxy groups -OCH3 is 2. The molecule has 2 aromatic carbocycles. The Bertz CT molecular complexity index is 875. The fourth-order valence-corrected chi connectivity index (χ4v) is 4.44. The van der Waals surface area contributed by atoms with Crippen LogP contribution in [0.1, 0.15) is 76.7 Å². The Morgan fingerprint density at radius 2 is 1.30 bits per heavy atom. The zero-order valence-corrected chi connectivity index (χ0v) is 19.7. The van der Waals surface area contributed by atoms with Crippen molar-refractivity contribution in [1.82, 2.24) is 0 Å². The van der Waals surface area contributed by atoms with Crippen LogP contribution < -0.4 is 0 Å². The normalized spacial score (nSPS) is 12.9. The van der Waals surface area contributed by atoms with Gasteiger partial charge in [-0.25, -0.2) is 22.0 Å². The van der Waals surface area contributed by atoms with E-state index in [1.165, 1.54) is 32.8 Å². The smallest absolute Gasteiger partial charge is 0.200 e. The summed E-state index contributed by atoms with van der Waals surface area (Å²) in [5, 5.41) is 0. The number of hydrogen-bond acceptors (Lipinski definition) is 2. The Morgan fingerprint density at radius 1 is 0.758 bits per heavy atom. The highest BCUT2D eigenvalue weighted by atomic mass is 19.2. The molecule has 0 spiro atoms. The molecule has 0 aromatic heterocycles. The van der Waals surface area contributed by atoms with Gasteiger partial charge in [-0.3, -0.25) is 0 Å². The third-order valence-electron chi connectivity index (χ3n) is 6.35. The van der Waals surface area contributed by atoms with Crippen molar-refractivity contribution in [3.05, 3.63) is 58.9 Å². The molecule has 0 saturated heterocycles. The first-order valence-electron chi connectivity index (χ1n) is 11.5. The lowest BCUT2D eigenvalue weighted by Crippen LogP contribution is -2.40. The lowest BCUT2D eigenvalue weighted by molar-refractivity contribution is -0.225. The molecule has 0 heterocycles. The van der Waals surface area contributed by atoms with Crippen LogP contribution in [0.15, 0.2) is 24.3 Å². The SMILES string of the molecule is CCCCCCCCC(c1cccc(-c2c(F)c(F)c(F)c(F)c2F)c1)C(CC)(OC)OC. The molecule has 0 N–H and O–H groups in total. The predicted octanol–water partition coefficient (Wildman–Crippen LogP) is 8.28. The molecular formula is C26H33F5O2. The van der Waals surface area contributed by atoms with E-state index in [1.54, 1.807) is 12.1 Å². The van der Waals surface area contributed by atoms with Crippen LogP contribution in [0.25, 0.3) is 11.1 Å². The first-order chi connectivity index (χ1) is 15.8. The van der Waals surface area contributed by atoms with Crippen molar-refractivity contribution in [2.75, 3.05) is 14.2 Å². The minimum absolute atomic E-state index is 0.0922. The Hall–Kier alpha value is -1.99. The summed E-state index contributed by atoms with van der Waals surface area (Å²) < 4.78 is 81.5. The molecule has 0 fully saturated rings. The number of benzene rings is 2. The van der Waals surface area contributed by atoms with E-state index >= 15 is 0 Å². The summed E-state index contributed by atoms with van der Waals surface area (Å²) in [5.41, 5.74) is -0.385. The Balaban J connectivity index is 2.47. The molecule has 0 bridgehead atoms. The average molecular weight is 473 g/mol. The van der Waals surface area contributed by atoms with Crippen LogP contribution in [0.2, 0.25) is 0 Å². The third kappa shape index (κ3) is 5.93. The lowest BCUT2D eigenvalue weighted by atomic mass is 9.83. The molecule has 0 aliphatic carbocycles. The molecule has 33 heavy (non-hydrogen) atoms. The van der Waals surface area contributed by atoms with Gasteiger partial charge in [0.25, 0.3) is 0 Å². The van der Waals surface area contributed by atoms with Crippen LogP contribution in [-0.2, 0) is 9.47 Å². The Labute approximate surface area is 193 Å². The highest BCUT2D eigenvalue weighted by Crippen LogP contribution is 2.41. The molecule has 2 rings (SSSR count). The Kier molecular flexibility index (Phi) is 10.3. The summed E-state index contributed by atoms with van der Waals surface area (Å²) in [7, 11) is 3.07. The van der Waals surface area contributed by atoms with E-state index in [0.29, 0.717) is 18.4 Å². The third-order valence-corrected chi connectivity index (χ3v) is 6.35. The van der Waals surface area contributed by atoms with Gasteiger partial charge in [-0.05, 0) is 24.0 Å². The standard InChI is InChI=1S/C26H33F5O2/c1-5-7-8-9-10-11-15-19(26(6-2,32-3)33-4)17-13-12-14-18(16-17)20-21(27)23(29)25(31)24(30)22(20)28/h12-14,16,19H,5-11,15H2,1-4H3. The largest absolute Gasteiger partial charge is 0.353 e. The highest BCUT2D eigenvalue weighted by molar-refractivity contribution is 5.66. The van der Waals surface area contributed by atoms with Crippen LogP contribution in [0.4, 0.5) is 22.0 Å². The minimum atomic E-state index is -2.17. The van der Waals surface area contributed by atoms with E-state index in [-0.39, 0.29) is 11.5 Å². The predicted molar refractivity (Wildman–Crippen MR) is 119 cm³/mol. The lowest BCUT2D eigenvalue weighted by Gasteiger charge is -2.38. The van der Waals surface area contributed by atoms with Crippen molar-refractivity contribution in [3.63, 3.8) is 0 Å². The molecule has 7 heteroatoms. The van der Waals surface area contributed by atoms with Gasteiger partial charge in [0.1, 0.15) is 0 Å². The molecule has 1 unspecified atom stereocenters. The van der Waals surface area contributed by atoms with Crippen LogP contribution >= 0.6 is 0 Å². The van der Waals surface area contributed by atoms with Crippen molar-refractivity contribution < 1.29 is 31.4 Å². The maximum atomic E-state index is 14.4.